The minimum atomic E-state index is -0.164. The average molecular weight is 236 g/mol. The predicted octanol–water partition coefficient (Wildman–Crippen LogP) is 2.57. The molecule has 0 spiro atoms. The highest BCUT2D eigenvalue weighted by Gasteiger charge is 2.26. The van der Waals surface area contributed by atoms with Crippen molar-refractivity contribution in [3.63, 3.8) is 0 Å². The second-order valence-electron chi connectivity index (χ2n) is 5.02. The molecule has 0 radical (unpaired) electrons. The first-order valence-electron chi connectivity index (χ1n) is 6.34. The van der Waals surface area contributed by atoms with Crippen molar-refractivity contribution in [2.45, 2.75) is 31.3 Å². The molecule has 0 bridgehead atoms. The van der Waals surface area contributed by atoms with Crippen LogP contribution < -0.4 is 5.32 Å². The van der Waals surface area contributed by atoms with Gasteiger partial charge in [-0.3, -0.25) is 0 Å². The van der Waals surface area contributed by atoms with Crippen LogP contribution in [0.15, 0.2) is 24.3 Å². The van der Waals surface area contributed by atoms with Gasteiger partial charge in [0.15, 0.2) is 0 Å². The third-order valence-corrected chi connectivity index (χ3v) is 3.50. The van der Waals surface area contributed by atoms with E-state index in [0.29, 0.717) is 12.1 Å². The fourth-order valence-electron chi connectivity index (χ4n) is 2.70. The molecule has 2 rings (SSSR count). The van der Waals surface area contributed by atoms with Crippen molar-refractivity contribution in [2.75, 3.05) is 20.6 Å². The zero-order valence-electron chi connectivity index (χ0n) is 10.6. The Kier molecular flexibility index (Phi) is 4.13. The Morgan fingerprint density at radius 3 is 2.47 bits per heavy atom. The summed E-state index contributed by atoms with van der Waals surface area (Å²) in [5.74, 6) is -0.164. The number of hydrogen-bond donors (Lipinski definition) is 1. The van der Waals surface area contributed by atoms with Gasteiger partial charge >= 0.3 is 0 Å². The summed E-state index contributed by atoms with van der Waals surface area (Å²) in [6.45, 7) is 1.09. The van der Waals surface area contributed by atoms with Gasteiger partial charge in [-0.1, -0.05) is 18.6 Å². The Balaban J connectivity index is 2.18. The first kappa shape index (κ1) is 12.5. The van der Waals surface area contributed by atoms with Gasteiger partial charge in [0.25, 0.3) is 0 Å². The van der Waals surface area contributed by atoms with E-state index in [1.807, 2.05) is 12.1 Å². The van der Waals surface area contributed by atoms with E-state index in [4.69, 9.17) is 0 Å². The van der Waals surface area contributed by atoms with Gasteiger partial charge in [0.05, 0.1) is 0 Å². The summed E-state index contributed by atoms with van der Waals surface area (Å²) >= 11 is 0. The second-order valence-corrected chi connectivity index (χ2v) is 5.02. The molecule has 1 aliphatic heterocycles. The third-order valence-electron chi connectivity index (χ3n) is 3.50. The molecule has 0 amide bonds. The van der Waals surface area contributed by atoms with E-state index >= 15 is 0 Å². The monoisotopic (exact) mass is 236 g/mol. The Hall–Kier alpha value is -0.930. The van der Waals surface area contributed by atoms with Gasteiger partial charge in [0.2, 0.25) is 0 Å². The van der Waals surface area contributed by atoms with E-state index in [1.54, 1.807) is 12.1 Å². The van der Waals surface area contributed by atoms with Crippen LogP contribution in [-0.2, 0) is 0 Å². The molecule has 0 aliphatic carbocycles. The number of halogens is 1. The summed E-state index contributed by atoms with van der Waals surface area (Å²) in [6.07, 6.45) is 3.74. The molecule has 2 atom stereocenters. The van der Waals surface area contributed by atoms with E-state index in [9.17, 15) is 4.39 Å². The Labute approximate surface area is 103 Å². The third kappa shape index (κ3) is 3.05. The zero-order chi connectivity index (χ0) is 12.3. The molecule has 1 aromatic carbocycles. The fourth-order valence-corrected chi connectivity index (χ4v) is 2.70. The van der Waals surface area contributed by atoms with Crippen LogP contribution >= 0.6 is 0 Å². The number of benzene rings is 1. The number of rotatable bonds is 3. The van der Waals surface area contributed by atoms with E-state index in [2.05, 4.69) is 24.3 Å². The highest BCUT2D eigenvalue weighted by Crippen LogP contribution is 2.27. The molecular weight excluding hydrogens is 215 g/mol. The summed E-state index contributed by atoms with van der Waals surface area (Å²) in [5, 5.41) is 3.58. The number of nitrogens with one attached hydrogen (secondary N) is 1. The molecule has 2 nitrogen and oxygen atoms in total. The van der Waals surface area contributed by atoms with Gasteiger partial charge in [-0.05, 0) is 51.2 Å². The van der Waals surface area contributed by atoms with Crippen molar-refractivity contribution in [3.05, 3.63) is 35.6 Å². The molecular formula is C14H21FN2. The number of piperidine rings is 1. The lowest BCUT2D eigenvalue weighted by Crippen LogP contribution is -2.44. The SMILES string of the molecule is CN(C)C(c1ccc(F)cc1)C1CCCCN1. The Bertz CT molecular complexity index is 342. The van der Waals surface area contributed by atoms with Crippen LogP contribution in [0.25, 0.3) is 0 Å². The fraction of sp³-hybridized carbons (Fsp3) is 0.571. The summed E-state index contributed by atoms with van der Waals surface area (Å²) < 4.78 is 13.0. The van der Waals surface area contributed by atoms with Gasteiger partial charge in [-0.2, -0.15) is 0 Å². The maximum atomic E-state index is 13.0. The molecule has 17 heavy (non-hydrogen) atoms. The van der Waals surface area contributed by atoms with Crippen LogP contribution in [0, 0.1) is 5.82 Å². The maximum Gasteiger partial charge on any atom is 0.123 e. The molecule has 2 unspecified atom stereocenters. The molecule has 1 N–H and O–H groups in total. The van der Waals surface area contributed by atoms with Gasteiger partial charge < -0.3 is 10.2 Å². The van der Waals surface area contributed by atoms with E-state index in [1.165, 1.54) is 24.8 Å². The topological polar surface area (TPSA) is 15.3 Å². The van der Waals surface area contributed by atoms with Crippen LogP contribution in [-0.4, -0.2) is 31.6 Å². The lowest BCUT2D eigenvalue weighted by molar-refractivity contribution is 0.205. The van der Waals surface area contributed by atoms with Crippen molar-refractivity contribution in [1.82, 2.24) is 10.2 Å². The van der Waals surface area contributed by atoms with Gasteiger partial charge in [0, 0.05) is 12.1 Å². The Morgan fingerprint density at radius 1 is 1.24 bits per heavy atom. The quantitative estimate of drug-likeness (QED) is 0.867. The normalized spacial score (nSPS) is 22.7. The van der Waals surface area contributed by atoms with Crippen LogP contribution in [0.1, 0.15) is 30.9 Å². The number of likely N-dealkylation sites (N-methyl/N-ethyl adjacent to an activating group) is 1. The molecule has 1 aromatic rings. The highest BCUT2D eigenvalue weighted by atomic mass is 19.1. The molecule has 0 aromatic heterocycles. The molecule has 1 aliphatic rings. The second kappa shape index (κ2) is 5.61. The number of nitrogens with zero attached hydrogens (tertiary/aromatic N) is 1. The molecule has 1 heterocycles. The summed E-state index contributed by atoms with van der Waals surface area (Å²) in [4.78, 5) is 2.22. The predicted molar refractivity (Wildman–Crippen MR) is 68.5 cm³/mol. The molecule has 1 saturated heterocycles. The standard InChI is InChI=1S/C14H21FN2/c1-17(2)14(13-5-3-4-10-16-13)11-6-8-12(15)9-7-11/h6-9,13-14,16H,3-5,10H2,1-2H3. The first-order chi connectivity index (χ1) is 8.18. The summed E-state index contributed by atoms with van der Waals surface area (Å²) in [7, 11) is 4.18. The first-order valence-corrected chi connectivity index (χ1v) is 6.34. The van der Waals surface area contributed by atoms with Crippen LogP contribution in [0.2, 0.25) is 0 Å². The van der Waals surface area contributed by atoms with Crippen molar-refractivity contribution < 1.29 is 4.39 Å². The smallest absolute Gasteiger partial charge is 0.123 e. The van der Waals surface area contributed by atoms with E-state index < -0.39 is 0 Å². The number of hydrogen-bond acceptors (Lipinski definition) is 2. The molecule has 1 fully saturated rings. The highest BCUT2D eigenvalue weighted by molar-refractivity contribution is 5.21. The largest absolute Gasteiger partial charge is 0.312 e. The van der Waals surface area contributed by atoms with Gasteiger partial charge in [0.1, 0.15) is 5.82 Å². The summed E-state index contributed by atoms with van der Waals surface area (Å²) in [5.41, 5.74) is 1.19. The van der Waals surface area contributed by atoms with Crippen molar-refractivity contribution in [1.29, 1.82) is 0 Å². The van der Waals surface area contributed by atoms with Gasteiger partial charge in [-0.25, -0.2) is 4.39 Å². The average Bonchev–Trinajstić information content (AvgIpc) is 2.33. The molecule has 94 valence electrons. The Morgan fingerprint density at radius 2 is 1.94 bits per heavy atom. The zero-order valence-corrected chi connectivity index (χ0v) is 10.6. The van der Waals surface area contributed by atoms with Crippen molar-refractivity contribution in [2.24, 2.45) is 0 Å². The van der Waals surface area contributed by atoms with E-state index in [-0.39, 0.29) is 5.82 Å². The minimum Gasteiger partial charge on any atom is -0.312 e. The maximum absolute atomic E-state index is 13.0. The van der Waals surface area contributed by atoms with Crippen LogP contribution in [0.3, 0.4) is 0 Å². The molecule has 3 heteroatoms. The van der Waals surface area contributed by atoms with Gasteiger partial charge in [-0.15, -0.1) is 0 Å². The van der Waals surface area contributed by atoms with Crippen LogP contribution in [0.4, 0.5) is 4.39 Å². The summed E-state index contributed by atoms with van der Waals surface area (Å²) in [6, 6.07) is 7.70. The van der Waals surface area contributed by atoms with Crippen LogP contribution in [0.5, 0.6) is 0 Å². The lowest BCUT2D eigenvalue weighted by atomic mass is 9.92. The van der Waals surface area contributed by atoms with E-state index in [0.717, 1.165) is 6.54 Å². The minimum absolute atomic E-state index is 0.164. The molecule has 0 saturated carbocycles. The lowest BCUT2D eigenvalue weighted by Gasteiger charge is -2.36. The van der Waals surface area contributed by atoms with Crippen molar-refractivity contribution in [3.8, 4) is 0 Å². The van der Waals surface area contributed by atoms with Crippen molar-refractivity contribution >= 4 is 0 Å².